The third-order valence-corrected chi connectivity index (χ3v) is 4.98. The van der Waals surface area contributed by atoms with Gasteiger partial charge in [0.2, 0.25) is 8.13 Å². The highest BCUT2D eigenvalue weighted by Crippen LogP contribution is 2.40. The summed E-state index contributed by atoms with van der Waals surface area (Å²) in [6.45, 7) is 3.65. The summed E-state index contributed by atoms with van der Waals surface area (Å²) in [4.78, 5) is 0. The van der Waals surface area contributed by atoms with Crippen LogP contribution < -0.4 is 0 Å². The Morgan fingerprint density at radius 3 is 2.29 bits per heavy atom. The van der Waals surface area contributed by atoms with Crippen molar-refractivity contribution in [2.24, 2.45) is 0 Å². The van der Waals surface area contributed by atoms with Gasteiger partial charge < -0.3 is 0 Å². The molecule has 0 saturated carbocycles. The topological polar surface area (TPSA) is 42.9 Å². The minimum absolute atomic E-state index is 0.0221. The van der Waals surface area contributed by atoms with E-state index in [1.54, 1.807) is 0 Å². The van der Waals surface area contributed by atoms with Gasteiger partial charge >= 0.3 is 0 Å². The lowest BCUT2D eigenvalue weighted by Crippen LogP contribution is -2.04. The Kier molecular flexibility index (Phi) is 4.17. The lowest BCUT2D eigenvalue weighted by molar-refractivity contribution is 0.674. The van der Waals surface area contributed by atoms with Gasteiger partial charge in [-0.25, -0.2) is 0 Å². The molecule has 0 aliphatic heterocycles. The van der Waals surface area contributed by atoms with E-state index in [0.29, 0.717) is 4.34 Å². The Labute approximate surface area is 103 Å². The van der Waals surface area contributed by atoms with Gasteiger partial charge in [-0.2, -0.15) is 0 Å². The predicted octanol–water partition coefficient (Wildman–Crippen LogP) is 2.88. The summed E-state index contributed by atoms with van der Waals surface area (Å²) < 4.78 is 10.4. The van der Waals surface area contributed by atoms with E-state index >= 15 is 0 Å². The molecule has 0 N–H and O–H groups in total. The Balaban J connectivity index is 2.95. The monoisotopic (exact) mass is 292 g/mol. The van der Waals surface area contributed by atoms with Crippen molar-refractivity contribution in [2.45, 2.75) is 27.2 Å². The first-order chi connectivity index (χ1) is 6.32. The number of aromatic nitrogens is 2. The largest absolute Gasteiger partial charge is 0.252 e. The fourth-order valence-corrected chi connectivity index (χ4v) is 3.18. The molecule has 1 heterocycles. The normalized spacial score (nSPS) is 14.7. The molecule has 1 rings (SSSR count). The Morgan fingerprint density at radius 2 is 1.93 bits per heavy atom. The van der Waals surface area contributed by atoms with E-state index in [0.717, 1.165) is 11.3 Å². The number of hydrogen-bond donors (Lipinski definition) is 0. The first kappa shape index (κ1) is 12.6. The molecule has 1 atom stereocenters. The van der Waals surface area contributed by atoms with Gasteiger partial charge in [0, 0.05) is 5.25 Å². The first-order valence-corrected chi connectivity index (χ1v) is 6.80. The van der Waals surface area contributed by atoms with Crippen molar-refractivity contribution < 1.29 is 4.21 Å². The fourth-order valence-electron chi connectivity index (χ4n) is 0.607. The van der Waals surface area contributed by atoms with Gasteiger partial charge in [-0.05, 0) is 0 Å². The Hall–Kier alpha value is 0.580. The molecule has 0 amide bonds. The molecule has 0 aliphatic carbocycles. The molecule has 0 fully saturated rings. The van der Waals surface area contributed by atoms with Gasteiger partial charge in [-0.1, -0.05) is 60.0 Å². The molecule has 1 unspecified atom stereocenters. The zero-order chi connectivity index (χ0) is 10.9. The van der Waals surface area contributed by atoms with Crippen molar-refractivity contribution in [3.05, 3.63) is 5.01 Å². The van der Waals surface area contributed by atoms with E-state index in [2.05, 4.69) is 10.2 Å². The van der Waals surface area contributed by atoms with Gasteiger partial charge in [-0.15, -0.1) is 10.2 Å². The van der Waals surface area contributed by atoms with Crippen LogP contribution in [0.1, 0.15) is 18.9 Å². The number of rotatable bonds is 2. The summed E-state index contributed by atoms with van der Waals surface area (Å²) in [6, 6.07) is 0. The van der Waals surface area contributed by atoms with E-state index < -0.39 is 14.6 Å². The van der Waals surface area contributed by atoms with Crippen LogP contribution in [-0.4, -0.2) is 19.7 Å². The molecule has 1 aromatic rings. The molecule has 3 nitrogen and oxygen atoms in total. The van der Waals surface area contributed by atoms with Crippen LogP contribution in [0.3, 0.4) is 0 Å². The predicted molar refractivity (Wildman–Crippen MR) is 60.7 cm³/mol. The van der Waals surface area contributed by atoms with Gasteiger partial charge in [0.25, 0.3) is 0 Å². The molecule has 80 valence electrons. The number of alkyl halides is 3. The van der Waals surface area contributed by atoms with Gasteiger partial charge in [0.1, 0.15) is 0 Å². The zero-order valence-corrected chi connectivity index (χ0v) is 11.2. The number of halogens is 3. The minimum Gasteiger partial charge on any atom is -0.252 e. The van der Waals surface area contributed by atoms with Crippen LogP contribution in [0.2, 0.25) is 0 Å². The van der Waals surface area contributed by atoms with Crippen LogP contribution in [0.4, 0.5) is 0 Å². The van der Waals surface area contributed by atoms with Crippen molar-refractivity contribution >= 4 is 56.9 Å². The second kappa shape index (κ2) is 4.61. The third-order valence-electron chi connectivity index (χ3n) is 1.25. The van der Waals surface area contributed by atoms with Crippen molar-refractivity contribution in [2.75, 3.05) is 0 Å². The van der Waals surface area contributed by atoms with Crippen molar-refractivity contribution in [1.29, 1.82) is 0 Å². The van der Waals surface area contributed by atoms with E-state index in [1.807, 2.05) is 13.8 Å². The lowest BCUT2D eigenvalue weighted by Gasteiger charge is -2.03. The highest BCUT2D eigenvalue weighted by Gasteiger charge is 2.29. The maximum atomic E-state index is 11.6. The molecular formula is C6H7Cl3N2OS2. The molecule has 14 heavy (non-hydrogen) atoms. The highest BCUT2D eigenvalue weighted by molar-refractivity contribution is 7.87. The van der Waals surface area contributed by atoms with Crippen molar-refractivity contribution in [3.8, 4) is 0 Å². The van der Waals surface area contributed by atoms with Crippen LogP contribution in [0.5, 0.6) is 0 Å². The van der Waals surface area contributed by atoms with Crippen LogP contribution in [0.25, 0.3) is 0 Å². The summed E-state index contributed by atoms with van der Waals surface area (Å²) in [5.74, 6) is 0. The third kappa shape index (κ3) is 3.03. The minimum atomic E-state index is -1.59. The standard InChI is InChI=1S/C6H7Cl3N2OS2/c1-3(2)14(12)5-11-10-4(13-5)6(7,8)9/h3H,1-2H3. The molecule has 0 saturated heterocycles. The first-order valence-electron chi connectivity index (χ1n) is 3.63. The molecule has 8 heteroatoms. The van der Waals surface area contributed by atoms with Gasteiger partial charge in [0.15, 0.2) is 5.01 Å². The summed E-state index contributed by atoms with van der Waals surface area (Å²) in [5.41, 5.74) is 0. The van der Waals surface area contributed by atoms with Gasteiger partial charge in [-0.3, -0.25) is 4.21 Å². The van der Waals surface area contributed by atoms with E-state index in [4.69, 9.17) is 34.8 Å². The smallest absolute Gasteiger partial charge is 0.243 e. The molecular weight excluding hydrogens is 287 g/mol. The summed E-state index contributed by atoms with van der Waals surface area (Å²) in [5, 5.41) is 7.61. The summed E-state index contributed by atoms with van der Waals surface area (Å²) in [6.07, 6.45) is 0. The number of hydrogen-bond acceptors (Lipinski definition) is 4. The van der Waals surface area contributed by atoms with E-state index in [9.17, 15) is 4.21 Å². The molecule has 0 radical (unpaired) electrons. The summed E-state index contributed by atoms with van der Waals surface area (Å²) >= 11 is 17.8. The molecule has 0 bridgehead atoms. The second-order valence-electron chi connectivity index (χ2n) is 2.72. The lowest BCUT2D eigenvalue weighted by atomic mass is 10.6. The van der Waals surface area contributed by atoms with Crippen LogP contribution in [0, 0.1) is 0 Å². The van der Waals surface area contributed by atoms with E-state index in [-0.39, 0.29) is 10.3 Å². The Morgan fingerprint density at radius 1 is 1.36 bits per heavy atom. The second-order valence-corrected chi connectivity index (χ2v) is 8.16. The highest BCUT2D eigenvalue weighted by atomic mass is 35.6. The molecule has 0 aliphatic rings. The van der Waals surface area contributed by atoms with Crippen molar-refractivity contribution in [1.82, 2.24) is 10.2 Å². The molecule has 1 aromatic heterocycles. The average molecular weight is 294 g/mol. The van der Waals surface area contributed by atoms with Crippen LogP contribution in [-0.2, 0) is 14.6 Å². The fraction of sp³-hybridized carbons (Fsp3) is 0.667. The van der Waals surface area contributed by atoms with Crippen LogP contribution in [0.15, 0.2) is 4.34 Å². The van der Waals surface area contributed by atoms with Crippen LogP contribution >= 0.6 is 46.1 Å². The quantitative estimate of drug-likeness (QED) is 0.788. The van der Waals surface area contributed by atoms with Crippen molar-refractivity contribution in [3.63, 3.8) is 0 Å². The zero-order valence-electron chi connectivity index (χ0n) is 7.33. The SMILES string of the molecule is CC(C)S(=O)c1nnc(C(Cl)(Cl)Cl)s1. The summed E-state index contributed by atoms with van der Waals surface area (Å²) in [7, 11) is -1.18. The van der Waals surface area contributed by atoms with E-state index in [1.165, 1.54) is 0 Å². The Bertz CT molecular complexity index is 347. The maximum absolute atomic E-state index is 11.6. The molecule has 0 spiro atoms. The maximum Gasteiger partial charge on any atom is 0.243 e. The number of nitrogens with zero attached hydrogens (tertiary/aromatic N) is 2. The average Bonchev–Trinajstić information content (AvgIpc) is 2.49. The molecule has 0 aromatic carbocycles. The van der Waals surface area contributed by atoms with Gasteiger partial charge in [0.05, 0.1) is 10.8 Å².